The molecule has 0 bridgehead atoms. The number of carboxylic acids is 1. The number of carbonyl (C=O) groups is 3. The third kappa shape index (κ3) is 6.49. The molecule has 41 heavy (non-hydrogen) atoms. The SMILES string of the molecule is CCC(OC(=O)CCC(=O)O)C1C=C(c2ccc(-c3ccc(N4C[C@H](Cn5ccnn5)OC4=O)cc3F)cn2)NO1. The summed E-state index contributed by atoms with van der Waals surface area (Å²) >= 11 is 0. The van der Waals surface area contributed by atoms with Gasteiger partial charge in [-0.15, -0.1) is 5.10 Å². The standard InChI is InChI=1S/C27H27FN6O7/c1-2-23(40-26(37)8-7-25(35)36)24-12-22(31-41-24)21-6-3-16(13-29-21)19-5-4-17(11-20(19)28)34-15-18(39-27(34)38)14-33-10-9-30-32-33/h3-6,9-13,18,23-24,31H,2,7-8,14-15H2,1H3,(H,35,36)/t18-,23?,24?/m0/s1. The molecule has 13 nitrogen and oxygen atoms in total. The van der Waals surface area contributed by atoms with E-state index in [-0.39, 0.29) is 19.4 Å². The van der Waals surface area contributed by atoms with E-state index in [1.54, 1.807) is 41.2 Å². The Morgan fingerprint density at radius 3 is 2.80 bits per heavy atom. The number of esters is 1. The minimum absolute atomic E-state index is 0.226. The average Bonchev–Trinajstić information content (AvgIpc) is 3.73. The second-order valence-electron chi connectivity index (χ2n) is 9.43. The van der Waals surface area contributed by atoms with E-state index in [0.29, 0.717) is 41.2 Å². The van der Waals surface area contributed by atoms with Crippen LogP contribution < -0.4 is 10.4 Å². The van der Waals surface area contributed by atoms with Crippen LogP contribution in [0.25, 0.3) is 16.8 Å². The van der Waals surface area contributed by atoms with Crippen LogP contribution in [0.2, 0.25) is 0 Å². The summed E-state index contributed by atoms with van der Waals surface area (Å²) in [7, 11) is 0. The minimum Gasteiger partial charge on any atom is -0.481 e. The number of cyclic esters (lactones) is 1. The van der Waals surface area contributed by atoms with Crippen molar-refractivity contribution < 1.29 is 38.2 Å². The topological polar surface area (TPSA) is 158 Å². The number of pyridine rings is 1. The summed E-state index contributed by atoms with van der Waals surface area (Å²) in [6.45, 7) is 2.41. The number of benzene rings is 1. The average molecular weight is 567 g/mol. The Morgan fingerprint density at radius 1 is 1.27 bits per heavy atom. The number of nitrogens with zero attached hydrogens (tertiary/aromatic N) is 5. The van der Waals surface area contributed by atoms with Crippen molar-refractivity contribution in [2.45, 2.75) is 51.0 Å². The van der Waals surface area contributed by atoms with E-state index in [9.17, 15) is 14.4 Å². The molecule has 14 heteroatoms. The van der Waals surface area contributed by atoms with Crippen LogP contribution in [-0.2, 0) is 30.4 Å². The number of rotatable bonds is 11. The lowest BCUT2D eigenvalue weighted by Gasteiger charge is -2.19. The predicted molar refractivity (Wildman–Crippen MR) is 140 cm³/mol. The van der Waals surface area contributed by atoms with Gasteiger partial charge in [-0.1, -0.05) is 18.2 Å². The van der Waals surface area contributed by atoms with Crippen molar-refractivity contribution in [1.29, 1.82) is 0 Å². The summed E-state index contributed by atoms with van der Waals surface area (Å²) in [5.74, 6) is -2.22. The number of amides is 1. The number of ether oxygens (including phenoxy) is 2. The summed E-state index contributed by atoms with van der Waals surface area (Å²) in [5, 5.41) is 16.3. The molecule has 0 aliphatic carbocycles. The molecular formula is C27H27FN6O7. The van der Waals surface area contributed by atoms with Gasteiger partial charge < -0.3 is 14.6 Å². The molecule has 1 amide bonds. The molecule has 2 aromatic heterocycles. The maximum Gasteiger partial charge on any atom is 0.414 e. The van der Waals surface area contributed by atoms with Gasteiger partial charge in [0, 0.05) is 23.5 Å². The number of hydroxylamine groups is 1. The minimum atomic E-state index is -1.08. The van der Waals surface area contributed by atoms with Crippen molar-refractivity contribution >= 4 is 29.4 Å². The summed E-state index contributed by atoms with van der Waals surface area (Å²) in [6.07, 6.45) is 4.15. The van der Waals surface area contributed by atoms with Crippen LogP contribution in [-0.4, -0.2) is 68.0 Å². The first-order valence-electron chi connectivity index (χ1n) is 12.9. The van der Waals surface area contributed by atoms with Crippen molar-refractivity contribution in [2.75, 3.05) is 11.4 Å². The lowest BCUT2D eigenvalue weighted by atomic mass is 10.0. The Bertz CT molecular complexity index is 1450. The number of carboxylic acid groups (broad SMARTS) is 1. The highest BCUT2D eigenvalue weighted by Gasteiger charge is 2.33. The fourth-order valence-electron chi connectivity index (χ4n) is 4.49. The molecule has 0 saturated carbocycles. The van der Waals surface area contributed by atoms with Crippen LogP contribution in [0.5, 0.6) is 0 Å². The van der Waals surface area contributed by atoms with Gasteiger partial charge in [-0.2, -0.15) is 0 Å². The summed E-state index contributed by atoms with van der Waals surface area (Å²) < 4.78 is 27.5. The van der Waals surface area contributed by atoms with Gasteiger partial charge in [-0.3, -0.25) is 29.8 Å². The second-order valence-corrected chi connectivity index (χ2v) is 9.43. The number of hydrogen-bond acceptors (Lipinski definition) is 10. The summed E-state index contributed by atoms with van der Waals surface area (Å²) in [4.78, 5) is 46.4. The van der Waals surface area contributed by atoms with Gasteiger partial charge in [0.1, 0.15) is 24.1 Å². The number of carbonyl (C=O) groups excluding carboxylic acids is 2. The number of nitrogens with one attached hydrogen (secondary N) is 1. The van der Waals surface area contributed by atoms with E-state index in [1.165, 1.54) is 23.4 Å². The van der Waals surface area contributed by atoms with Crippen LogP contribution in [0, 0.1) is 5.82 Å². The molecule has 3 atom stereocenters. The van der Waals surface area contributed by atoms with E-state index < -0.39 is 42.2 Å². The van der Waals surface area contributed by atoms with Crippen LogP contribution >= 0.6 is 0 Å². The van der Waals surface area contributed by atoms with E-state index in [2.05, 4.69) is 20.8 Å². The normalized spacial score (nSPS) is 18.9. The number of hydrogen-bond donors (Lipinski definition) is 2. The molecule has 2 unspecified atom stereocenters. The fraction of sp³-hybridized carbons (Fsp3) is 0.333. The highest BCUT2D eigenvalue weighted by atomic mass is 19.1. The van der Waals surface area contributed by atoms with Gasteiger partial charge >= 0.3 is 18.0 Å². The quantitative estimate of drug-likeness (QED) is 0.329. The summed E-state index contributed by atoms with van der Waals surface area (Å²) in [6, 6.07) is 7.91. The molecule has 3 aromatic rings. The second kappa shape index (κ2) is 12.1. The predicted octanol–water partition coefficient (Wildman–Crippen LogP) is 2.94. The zero-order chi connectivity index (χ0) is 28.9. The Kier molecular flexibility index (Phi) is 8.19. The Balaban J connectivity index is 1.22. The maximum absolute atomic E-state index is 15.2. The molecule has 5 rings (SSSR count). The van der Waals surface area contributed by atoms with Gasteiger partial charge in [0.25, 0.3) is 0 Å². The molecule has 2 N–H and O–H groups in total. The molecule has 1 aromatic carbocycles. The zero-order valence-electron chi connectivity index (χ0n) is 22.0. The van der Waals surface area contributed by atoms with Gasteiger partial charge in [0.15, 0.2) is 0 Å². The zero-order valence-corrected chi connectivity index (χ0v) is 22.0. The molecule has 0 spiro atoms. The number of aliphatic carboxylic acids is 1. The molecule has 0 radical (unpaired) electrons. The van der Waals surface area contributed by atoms with Crippen molar-refractivity contribution in [2.24, 2.45) is 0 Å². The van der Waals surface area contributed by atoms with Gasteiger partial charge in [0.2, 0.25) is 0 Å². The monoisotopic (exact) mass is 566 g/mol. The van der Waals surface area contributed by atoms with Crippen LogP contribution in [0.1, 0.15) is 31.9 Å². The lowest BCUT2D eigenvalue weighted by molar-refractivity contribution is -0.158. The summed E-state index contributed by atoms with van der Waals surface area (Å²) in [5.41, 5.74) is 5.06. The van der Waals surface area contributed by atoms with E-state index in [4.69, 9.17) is 19.4 Å². The highest BCUT2D eigenvalue weighted by molar-refractivity contribution is 5.90. The van der Waals surface area contributed by atoms with Crippen molar-refractivity contribution in [3.05, 3.63) is 66.5 Å². The number of aromatic nitrogens is 4. The lowest BCUT2D eigenvalue weighted by Crippen LogP contribution is -2.31. The molecule has 1 saturated heterocycles. The van der Waals surface area contributed by atoms with Crippen molar-refractivity contribution in [1.82, 2.24) is 25.5 Å². The number of anilines is 1. The first-order chi connectivity index (χ1) is 19.8. The first kappa shape index (κ1) is 27.7. The van der Waals surface area contributed by atoms with Crippen molar-refractivity contribution in [3.8, 4) is 11.1 Å². The van der Waals surface area contributed by atoms with Gasteiger partial charge in [-0.25, -0.2) is 13.9 Å². The van der Waals surface area contributed by atoms with E-state index in [1.807, 2.05) is 6.92 Å². The van der Waals surface area contributed by atoms with Crippen LogP contribution in [0.3, 0.4) is 0 Å². The fourth-order valence-corrected chi connectivity index (χ4v) is 4.49. The largest absolute Gasteiger partial charge is 0.481 e. The first-order valence-corrected chi connectivity index (χ1v) is 12.9. The molecule has 214 valence electrons. The van der Waals surface area contributed by atoms with Crippen LogP contribution in [0.4, 0.5) is 14.9 Å². The Hall–Kier alpha value is -4.85. The smallest absolute Gasteiger partial charge is 0.414 e. The molecule has 4 heterocycles. The van der Waals surface area contributed by atoms with E-state index in [0.717, 1.165) is 0 Å². The molecular weight excluding hydrogens is 539 g/mol. The maximum atomic E-state index is 15.2. The molecule has 1 fully saturated rings. The third-order valence-corrected chi connectivity index (χ3v) is 6.58. The van der Waals surface area contributed by atoms with Crippen LogP contribution in [0.15, 0.2) is 55.0 Å². The third-order valence-electron chi connectivity index (χ3n) is 6.58. The number of halogens is 1. The molecule has 2 aliphatic heterocycles. The Labute approximate surface area is 233 Å². The van der Waals surface area contributed by atoms with Gasteiger partial charge in [0.05, 0.1) is 49.2 Å². The van der Waals surface area contributed by atoms with Gasteiger partial charge in [-0.05, 0) is 36.8 Å². The van der Waals surface area contributed by atoms with E-state index >= 15 is 4.39 Å². The molecule has 2 aliphatic rings. The highest BCUT2D eigenvalue weighted by Crippen LogP contribution is 2.30. The Morgan fingerprint density at radius 2 is 2.12 bits per heavy atom. The van der Waals surface area contributed by atoms with Crippen molar-refractivity contribution in [3.63, 3.8) is 0 Å².